The summed E-state index contributed by atoms with van der Waals surface area (Å²) in [4.78, 5) is 23.2. The van der Waals surface area contributed by atoms with E-state index in [1.807, 2.05) is 6.92 Å². The lowest BCUT2D eigenvalue weighted by Crippen LogP contribution is -2.18. The minimum Gasteiger partial charge on any atom is -0.404 e. The van der Waals surface area contributed by atoms with Gasteiger partial charge >= 0.3 is 6.36 Å². The molecule has 0 saturated carbocycles. The van der Waals surface area contributed by atoms with Crippen LogP contribution in [-0.4, -0.2) is 29.7 Å². The highest BCUT2D eigenvalue weighted by atomic mass is 32.2. The zero-order valence-corrected chi connectivity index (χ0v) is 21.8. The number of aromatic amines is 1. The van der Waals surface area contributed by atoms with Crippen molar-refractivity contribution in [3.63, 3.8) is 0 Å². The van der Waals surface area contributed by atoms with E-state index in [1.54, 1.807) is 18.2 Å². The number of nitrogens with zero attached hydrogens (tertiary/aromatic N) is 2. The Bertz CT molecular complexity index is 2030. The largest absolute Gasteiger partial charge is 0.573 e. The van der Waals surface area contributed by atoms with Crippen molar-refractivity contribution in [1.82, 2.24) is 15.0 Å². The van der Waals surface area contributed by atoms with Gasteiger partial charge in [0.05, 0.1) is 16.6 Å². The number of anilines is 2. The molecule has 9 nitrogen and oxygen atoms in total. The van der Waals surface area contributed by atoms with Gasteiger partial charge in [0.2, 0.25) is 16.0 Å². The van der Waals surface area contributed by atoms with Gasteiger partial charge in [0, 0.05) is 28.8 Å². The second-order valence-electron chi connectivity index (χ2n) is 8.99. The van der Waals surface area contributed by atoms with Crippen molar-refractivity contribution >= 4 is 49.4 Å². The SMILES string of the molecule is Cc1ccc2c(=O)[nH]cc(-c3ccc(OC(F)(F)F)c(Nc4ncc5c(F)cc(/C=C/S(N)(=O)=O)cc5n4)c3)c2c1. The third kappa shape index (κ3) is 6.34. The molecule has 0 aliphatic heterocycles. The number of primary sulfonamides is 1. The second kappa shape index (κ2) is 10.3. The van der Waals surface area contributed by atoms with Gasteiger partial charge in [0.25, 0.3) is 5.56 Å². The predicted octanol–water partition coefficient (Wildman–Crippen LogP) is 5.49. The number of pyridine rings is 1. The molecule has 0 amide bonds. The predicted molar refractivity (Wildman–Crippen MR) is 146 cm³/mol. The summed E-state index contributed by atoms with van der Waals surface area (Å²) in [5, 5.41) is 9.28. The Hall–Kier alpha value is -4.82. The summed E-state index contributed by atoms with van der Waals surface area (Å²) in [5.41, 5.74) is 1.51. The Morgan fingerprint density at radius 3 is 2.56 bits per heavy atom. The topological polar surface area (TPSA) is 140 Å². The van der Waals surface area contributed by atoms with Crippen LogP contribution in [0.15, 0.2) is 71.1 Å². The fourth-order valence-corrected chi connectivity index (χ4v) is 4.53. The molecule has 2 heterocycles. The lowest BCUT2D eigenvalue weighted by Gasteiger charge is -2.16. The third-order valence-corrected chi connectivity index (χ3v) is 6.46. The molecule has 0 saturated heterocycles. The van der Waals surface area contributed by atoms with E-state index in [2.05, 4.69) is 25.0 Å². The number of benzene rings is 3. The van der Waals surface area contributed by atoms with Crippen molar-refractivity contribution in [3.8, 4) is 16.9 Å². The summed E-state index contributed by atoms with van der Waals surface area (Å²) in [6.45, 7) is 1.84. The van der Waals surface area contributed by atoms with Gasteiger partial charge in [-0.15, -0.1) is 13.2 Å². The number of rotatable bonds is 6. The van der Waals surface area contributed by atoms with Crippen molar-refractivity contribution in [2.75, 3.05) is 5.32 Å². The van der Waals surface area contributed by atoms with Crippen LogP contribution >= 0.6 is 0 Å². The first-order valence-electron chi connectivity index (χ1n) is 11.7. The number of nitrogens with one attached hydrogen (secondary N) is 2. The van der Waals surface area contributed by atoms with E-state index in [0.29, 0.717) is 27.3 Å². The quantitative estimate of drug-likeness (QED) is 0.224. The number of H-pyrrole nitrogens is 1. The van der Waals surface area contributed by atoms with Gasteiger partial charge in [-0.1, -0.05) is 23.8 Å². The summed E-state index contributed by atoms with van der Waals surface area (Å²) < 4.78 is 80.9. The van der Waals surface area contributed by atoms with Gasteiger partial charge in [-0.3, -0.25) is 4.79 Å². The molecule has 0 fully saturated rings. The normalized spacial score (nSPS) is 12.3. The first-order chi connectivity index (χ1) is 19.3. The first-order valence-corrected chi connectivity index (χ1v) is 13.3. The zero-order chi connectivity index (χ0) is 29.5. The monoisotopic (exact) mass is 585 g/mol. The van der Waals surface area contributed by atoms with Gasteiger partial charge in [-0.25, -0.2) is 27.9 Å². The van der Waals surface area contributed by atoms with E-state index in [4.69, 9.17) is 5.14 Å². The van der Waals surface area contributed by atoms with Gasteiger partial charge in [-0.05, 0) is 59.8 Å². The Morgan fingerprint density at radius 2 is 1.83 bits per heavy atom. The van der Waals surface area contributed by atoms with Crippen LogP contribution in [0.5, 0.6) is 5.75 Å². The maximum atomic E-state index is 14.6. The Labute approximate surface area is 229 Å². The minimum absolute atomic E-state index is 0.0149. The maximum absolute atomic E-state index is 14.6. The minimum atomic E-state index is -5.02. The lowest BCUT2D eigenvalue weighted by molar-refractivity contribution is -0.274. The summed E-state index contributed by atoms with van der Waals surface area (Å²) >= 11 is 0. The summed E-state index contributed by atoms with van der Waals surface area (Å²) in [6, 6.07) is 11.5. The van der Waals surface area contributed by atoms with E-state index in [1.165, 1.54) is 24.4 Å². The zero-order valence-electron chi connectivity index (χ0n) is 21.0. The van der Waals surface area contributed by atoms with Crippen molar-refractivity contribution in [2.45, 2.75) is 13.3 Å². The number of aromatic nitrogens is 3. The first kappa shape index (κ1) is 27.7. The number of aryl methyl sites for hydroxylation is 1. The molecule has 4 N–H and O–H groups in total. The molecular formula is C27H19F4N5O4S. The van der Waals surface area contributed by atoms with Crippen LogP contribution in [0.1, 0.15) is 11.1 Å². The molecule has 14 heteroatoms. The molecule has 0 aliphatic carbocycles. The second-order valence-corrected chi connectivity index (χ2v) is 10.4. The highest BCUT2D eigenvalue weighted by molar-refractivity contribution is 7.92. The molecule has 0 bridgehead atoms. The van der Waals surface area contributed by atoms with Crippen LogP contribution in [0.2, 0.25) is 0 Å². The van der Waals surface area contributed by atoms with Crippen molar-refractivity contribution in [3.05, 3.63) is 93.6 Å². The van der Waals surface area contributed by atoms with Gasteiger partial charge in [-0.2, -0.15) is 0 Å². The molecule has 0 atom stereocenters. The smallest absolute Gasteiger partial charge is 0.404 e. The molecule has 0 spiro atoms. The highest BCUT2D eigenvalue weighted by Gasteiger charge is 2.32. The standard InChI is InChI=1S/C27H19F4N5O4S/c1-14-2-4-17-18(8-14)19(12-33-25(17)37)16-3-5-24(40-27(29,30)31)23(11-16)36-26-34-13-20-21(28)9-15(10-22(20)35-26)6-7-41(32,38)39/h2-13H,1H3,(H,33,37)(H2,32,38,39)(H,34,35,36)/b7-6+. The van der Waals surface area contributed by atoms with E-state index in [9.17, 15) is 30.8 Å². The number of fused-ring (bicyclic) bond motifs is 2. The molecular weight excluding hydrogens is 566 g/mol. The van der Waals surface area contributed by atoms with Crippen LogP contribution in [-0.2, 0) is 10.0 Å². The van der Waals surface area contributed by atoms with Crippen molar-refractivity contribution in [2.24, 2.45) is 5.14 Å². The van der Waals surface area contributed by atoms with Crippen LogP contribution in [0.25, 0.3) is 38.9 Å². The number of ether oxygens (including phenoxy) is 1. The van der Waals surface area contributed by atoms with Crippen LogP contribution in [0.3, 0.4) is 0 Å². The maximum Gasteiger partial charge on any atom is 0.573 e. The molecule has 2 aromatic heterocycles. The lowest BCUT2D eigenvalue weighted by atomic mass is 9.99. The van der Waals surface area contributed by atoms with Crippen molar-refractivity contribution < 1.29 is 30.7 Å². The van der Waals surface area contributed by atoms with E-state index in [-0.39, 0.29) is 33.7 Å². The number of nitrogens with two attached hydrogens (primary N) is 1. The summed E-state index contributed by atoms with van der Waals surface area (Å²) in [6.07, 6.45) is -1.36. The Morgan fingerprint density at radius 1 is 1.05 bits per heavy atom. The third-order valence-electron chi connectivity index (χ3n) is 5.94. The van der Waals surface area contributed by atoms with E-state index < -0.39 is 28.0 Å². The van der Waals surface area contributed by atoms with Gasteiger partial charge < -0.3 is 15.0 Å². The number of hydrogen-bond acceptors (Lipinski definition) is 7. The molecule has 41 heavy (non-hydrogen) atoms. The van der Waals surface area contributed by atoms with Gasteiger partial charge in [0.15, 0.2) is 5.75 Å². The molecule has 0 radical (unpaired) electrons. The number of halogens is 4. The van der Waals surface area contributed by atoms with Crippen molar-refractivity contribution in [1.29, 1.82) is 0 Å². The molecule has 5 aromatic rings. The molecule has 0 aliphatic rings. The fraction of sp³-hybridized carbons (Fsp3) is 0.0741. The average molecular weight is 586 g/mol. The Balaban J connectivity index is 1.61. The average Bonchev–Trinajstić information content (AvgIpc) is 2.87. The number of hydrogen-bond donors (Lipinski definition) is 3. The van der Waals surface area contributed by atoms with E-state index >= 15 is 0 Å². The van der Waals surface area contributed by atoms with E-state index in [0.717, 1.165) is 30.0 Å². The van der Waals surface area contributed by atoms with Gasteiger partial charge in [0.1, 0.15) is 5.82 Å². The molecule has 3 aromatic carbocycles. The van der Waals surface area contributed by atoms with Crippen LogP contribution in [0.4, 0.5) is 29.2 Å². The molecule has 210 valence electrons. The summed E-state index contributed by atoms with van der Waals surface area (Å²) in [5.74, 6) is -1.55. The highest BCUT2D eigenvalue weighted by Crippen LogP contribution is 2.37. The fourth-order valence-electron chi connectivity index (χ4n) is 4.18. The van der Waals surface area contributed by atoms with Crippen LogP contribution < -0.4 is 20.8 Å². The van der Waals surface area contributed by atoms with Crippen LogP contribution in [0, 0.1) is 12.7 Å². The number of sulfonamides is 1. The Kier molecular flexibility index (Phi) is 6.97. The molecule has 5 rings (SSSR count). The number of alkyl halides is 3. The summed E-state index contributed by atoms with van der Waals surface area (Å²) in [7, 11) is -3.98. The molecule has 0 unspecified atom stereocenters.